The van der Waals surface area contributed by atoms with Crippen LogP contribution in [0.4, 0.5) is 0 Å². The first kappa shape index (κ1) is 14.8. The van der Waals surface area contributed by atoms with E-state index in [4.69, 9.17) is 10.5 Å². The Balaban J connectivity index is 4.94. The van der Waals surface area contributed by atoms with E-state index in [9.17, 15) is 0 Å². The van der Waals surface area contributed by atoms with Crippen molar-refractivity contribution in [1.82, 2.24) is 4.90 Å². The van der Waals surface area contributed by atoms with Gasteiger partial charge in [0.15, 0.2) is 0 Å². The van der Waals surface area contributed by atoms with Crippen molar-refractivity contribution < 1.29 is 0 Å². The molecule has 0 aromatic carbocycles. The first-order valence-electron chi connectivity index (χ1n) is 4.88. The van der Waals surface area contributed by atoms with Crippen LogP contribution in [0.3, 0.4) is 0 Å². The number of allylic oxidation sites excluding steroid dienone is 2. The molecule has 0 aromatic rings. The van der Waals surface area contributed by atoms with Gasteiger partial charge >= 0.3 is 102 Å². The minimum atomic E-state index is -2.20. The van der Waals surface area contributed by atoms with Gasteiger partial charge in [-0.05, 0) is 0 Å². The molecule has 0 amide bonds. The molecule has 16 heavy (non-hydrogen) atoms. The van der Waals surface area contributed by atoms with Gasteiger partial charge in [0.05, 0.1) is 0 Å². The second-order valence-electron chi connectivity index (χ2n) is 4.53. The third-order valence-electron chi connectivity index (χ3n) is 2.25. The van der Waals surface area contributed by atoms with Crippen LogP contribution in [0, 0.1) is 22.7 Å². The fraction of sp³-hybridized carbons (Fsp3) is 0.333. The number of hydrogen-bond donors (Lipinski definition) is 0. The van der Waals surface area contributed by atoms with E-state index in [-0.39, 0.29) is 5.57 Å². The van der Waals surface area contributed by atoms with E-state index >= 15 is 0 Å². The van der Waals surface area contributed by atoms with Gasteiger partial charge in [-0.15, -0.1) is 0 Å². The predicted molar refractivity (Wildman–Crippen MR) is 68.7 cm³/mol. The van der Waals surface area contributed by atoms with Gasteiger partial charge in [-0.1, -0.05) is 0 Å². The van der Waals surface area contributed by atoms with Crippen molar-refractivity contribution in [2.45, 2.75) is 14.8 Å². The fourth-order valence-electron chi connectivity index (χ4n) is 1.03. The zero-order valence-electron chi connectivity index (χ0n) is 10.3. The van der Waals surface area contributed by atoms with Gasteiger partial charge in [-0.25, -0.2) is 0 Å². The molecule has 0 atom stereocenters. The molecule has 0 unspecified atom stereocenters. The van der Waals surface area contributed by atoms with Crippen LogP contribution in [-0.2, 0) is 0 Å². The van der Waals surface area contributed by atoms with Crippen molar-refractivity contribution in [1.29, 1.82) is 10.5 Å². The first-order chi connectivity index (χ1) is 7.23. The monoisotopic (exact) mass is 323 g/mol. The molecule has 0 fully saturated rings. The number of nitriles is 2. The normalized spacial score (nSPS) is 9.62. The fourth-order valence-corrected chi connectivity index (χ4v) is 4.31. The van der Waals surface area contributed by atoms with Gasteiger partial charge in [0.25, 0.3) is 0 Å². The van der Waals surface area contributed by atoms with Gasteiger partial charge in [-0.3, -0.25) is 0 Å². The maximum absolute atomic E-state index is 8.65. The predicted octanol–water partition coefficient (Wildman–Crippen LogP) is 2.80. The van der Waals surface area contributed by atoms with Gasteiger partial charge in [0.2, 0.25) is 0 Å². The van der Waals surface area contributed by atoms with Crippen LogP contribution in [0.2, 0.25) is 14.8 Å². The molecule has 4 heteroatoms. The summed E-state index contributed by atoms with van der Waals surface area (Å²) in [5.74, 6) is 0. The summed E-state index contributed by atoms with van der Waals surface area (Å²) in [4.78, 5) is 8.63. The zero-order chi connectivity index (χ0) is 12.9. The summed E-state index contributed by atoms with van der Waals surface area (Å²) in [6.45, 7) is 7.91. The van der Waals surface area contributed by atoms with Crippen LogP contribution >= 0.6 is 0 Å². The van der Waals surface area contributed by atoms with Crippen molar-refractivity contribution in [3.05, 3.63) is 34.2 Å². The van der Waals surface area contributed by atoms with Crippen molar-refractivity contribution in [3.8, 4) is 12.1 Å². The molecule has 0 spiro atoms. The Morgan fingerprint density at radius 3 is 1.94 bits per heavy atom. The molecule has 0 bridgehead atoms. The van der Waals surface area contributed by atoms with E-state index in [0.29, 0.717) is 5.70 Å². The molecule has 0 aliphatic rings. The first-order valence-corrected chi connectivity index (χ1v) is 14.9. The Hall–Kier alpha value is -1.20. The summed E-state index contributed by atoms with van der Waals surface area (Å²) < 4.78 is 1.09. The van der Waals surface area contributed by atoms with E-state index in [1.54, 1.807) is 0 Å². The second-order valence-corrected chi connectivity index (χ2v) is 19.0. The Morgan fingerprint density at radius 2 is 1.62 bits per heavy atom. The van der Waals surface area contributed by atoms with Gasteiger partial charge in [0, 0.05) is 0 Å². The molecule has 3 nitrogen and oxygen atoms in total. The maximum atomic E-state index is 8.65. The van der Waals surface area contributed by atoms with Gasteiger partial charge < -0.3 is 0 Å². The third kappa shape index (κ3) is 4.12. The van der Waals surface area contributed by atoms with Crippen LogP contribution < -0.4 is 0 Å². The molecular weight excluding hydrogens is 305 g/mol. The molecule has 0 rings (SSSR count). The number of likely N-dealkylation sites (N-methyl/N-ethyl adjacent to an activating group) is 1. The van der Waals surface area contributed by atoms with Crippen molar-refractivity contribution in [3.63, 3.8) is 0 Å². The molecule has 0 N–H and O–H groups in total. The average molecular weight is 322 g/mol. The van der Waals surface area contributed by atoms with Crippen LogP contribution in [0.25, 0.3) is 0 Å². The number of nitrogens with zero attached hydrogens (tertiary/aromatic N) is 3. The summed E-state index contributed by atoms with van der Waals surface area (Å²) in [6, 6.07) is 3.63. The molecule has 0 saturated carbocycles. The van der Waals surface area contributed by atoms with Crippen molar-refractivity contribution in [2.75, 3.05) is 7.05 Å². The average Bonchev–Trinajstić information content (AvgIpc) is 2.21. The Labute approximate surface area is 102 Å². The van der Waals surface area contributed by atoms with E-state index < -0.39 is 18.4 Å². The molecule has 0 aliphatic heterocycles. The summed E-state index contributed by atoms with van der Waals surface area (Å²) in [5.41, 5.74) is 0.698. The van der Waals surface area contributed by atoms with E-state index in [1.165, 1.54) is 6.08 Å². The SMILES string of the molecule is C=C(C=C(C#N)C#N)N(C)[C](=C)[Sn]([CH3])([CH3])[CH3]. The second kappa shape index (κ2) is 5.77. The Bertz CT molecular complexity index is 397. The summed E-state index contributed by atoms with van der Waals surface area (Å²) in [5, 5.41) is 17.3. The summed E-state index contributed by atoms with van der Waals surface area (Å²) in [7, 11) is 1.87. The zero-order valence-corrected chi connectivity index (χ0v) is 13.2. The van der Waals surface area contributed by atoms with Crippen LogP contribution in [0.5, 0.6) is 0 Å². The topological polar surface area (TPSA) is 50.8 Å². The van der Waals surface area contributed by atoms with Gasteiger partial charge in [0.1, 0.15) is 0 Å². The molecule has 0 aliphatic carbocycles. The van der Waals surface area contributed by atoms with E-state index in [0.717, 1.165) is 3.71 Å². The van der Waals surface area contributed by atoms with Gasteiger partial charge in [-0.2, -0.15) is 0 Å². The molecular formula is C12H17N3Sn. The third-order valence-corrected chi connectivity index (χ3v) is 8.15. The van der Waals surface area contributed by atoms with Crippen molar-refractivity contribution >= 4 is 18.4 Å². The summed E-state index contributed by atoms with van der Waals surface area (Å²) >= 11 is -2.20. The molecule has 0 radical (unpaired) electrons. The number of hydrogen-bond acceptors (Lipinski definition) is 3. The molecule has 84 valence electrons. The Morgan fingerprint density at radius 1 is 1.19 bits per heavy atom. The minimum absolute atomic E-state index is 0.0637. The number of rotatable bonds is 4. The van der Waals surface area contributed by atoms with E-state index in [2.05, 4.69) is 28.0 Å². The summed E-state index contributed by atoms with van der Waals surface area (Å²) in [6.07, 6.45) is 1.49. The Kier molecular flexibility index (Phi) is 5.33. The molecule has 0 saturated heterocycles. The van der Waals surface area contributed by atoms with Crippen LogP contribution in [0.1, 0.15) is 0 Å². The molecule has 0 aromatic heterocycles. The van der Waals surface area contributed by atoms with Crippen molar-refractivity contribution in [2.24, 2.45) is 0 Å². The van der Waals surface area contributed by atoms with E-state index in [1.807, 2.05) is 24.1 Å². The van der Waals surface area contributed by atoms with Crippen LogP contribution in [-0.4, -0.2) is 30.3 Å². The standard InChI is InChI=1S/C9H8N3.3CH3.Sn/c1-4-12(3)8(2)5-9(6-10)7-11;;;;/h5H,1-2H2,3H3;3*1H3;. The quantitative estimate of drug-likeness (QED) is 0.454. The van der Waals surface area contributed by atoms with Crippen LogP contribution in [0.15, 0.2) is 34.2 Å². The molecule has 0 heterocycles.